The standard InChI is InChI=1S/C19H19N5O5/c1-3-23-11-15(17(22-23)19(26)20-10-14-5-4-8-29-14)21-18(25)13-7-6-12(2)16(9-13)24(27)28/h4-9,11H,3,10H2,1-2H3,(H,20,26)(H,21,25). The Balaban J connectivity index is 1.80. The minimum absolute atomic E-state index is 0.0355. The third kappa shape index (κ3) is 4.49. The Hall–Kier alpha value is -3.95. The lowest BCUT2D eigenvalue weighted by atomic mass is 10.1. The number of aromatic nitrogens is 2. The maximum absolute atomic E-state index is 12.6. The summed E-state index contributed by atoms with van der Waals surface area (Å²) in [7, 11) is 0. The molecular formula is C19H19N5O5. The fourth-order valence-electron chi connectivity index (χ4n) is 2.65. The van der Waals surface area contributed by atoms with Gasteiger partial charge in [-0.05, 0) is 32.0 Å². The van der Waals surface area contributed by atoms with Gasteiger partial charge in [-0.1, -0.05) is 6.07 Å². The molecule has 3 rings (SSSR count). The van der Waals surface area contributed by atoms with E-state index in [1.54, 1.807) is 19.1 Å². The summed E-state index contributed by atoms with van der Waals surface area (Å²) in [5.41, 5.74) is 0.639. The van der Waals surface area contributed by atoms with Gasteiger partial charge in [-0.3, -0.25) is 24.4 Å². The molecule has 0 saturated heterocycles. The number of nitro benzene ring substituents is 1. The van der Waals surface area contributed by atoms with Crippen LogP contribution in [0.15, 0.2) is 47.2 Å². The zero-order valence-corrected chi connectivity index (χ0v) is 15.8. The van der Waals surface area contributed by atoms with Crippen LogP contribution in [0.1, 0.15) is 39.1 Å². The van der Waals surface area contributed by atoms with E-state index in [0.717, 1.165) is 0 Å². The first-order chi connectivity index (χ1) is 13.9. The van der Waals surface area contributed by atoms with Crippen LogP contribution in [0.5, 0.6) is 0 Å². The average Bonchev–Trinajstić information content (AvgIpc) is 3.36. The lowest BCUT2D eigenvalue weighted by Crippen LogP contribution is -2.25. The Bertz CT molecular complexity index is 1060. The highest BCUT2D eigenvalue weighted by molar-refractivity contribution is 6.08. The van der Waals surface area contributed by atoms with Crippen molar-refractivity contribution in [3.05, 3.63) is 75.5 Å². The van der Waals surface area contributed by atoms with Gasteiger partial charge in [-0.25, -0.2) is 0 Å². The molecule has 10 heteroatoms. The first kappa shape index (κ1) is 19.8. The van der Waals surface area contributed by atoms with Crippen LogP contribution in [-0.2, 0) is 13.1 Å². The highest BCUT2D eigenvalue weighted by atomic mass is 16.6. The van der Waals surface area contributed by atoms with Gasteiger partial charge in [0.05, 0.1) is 23.4 Å². The number of hydrogen-bond acceptors (Lipinski definition) is 6. The second kappa shape index (κ2) is 8.38. The van der Waals surface area contributed by atoms with Crippen molar-refractivity contribution in [1.29, 1.82) is 0 Å². The number of carbonyl (C=O) groups excluding carboxylic acids is 2. The van der Waals surface area contributed by atoms with Gasteiger partial charge < -0.3 is 15.1 Å². The summed E-state index contributed by atoms with van der Waals surface area (Å²) in [4.78, 5) is 35.7. The molecular weight excluding hydrogens is 378 g/mol. The largest absolute Gasteiger partial charge is 0.467 e. The van der Waals surface area contributed by atoms with Gasteiger partial charge in [0.2, 0.25) is 0 Å². The molecule has 0 spiro atoms. The van der Waals surface area contributed by atoms with Crippen molar-refractivity contribution in [3.8, 4) is 0 Å². The van der Waals surface area contributed by atoms with Crippen LogP contribution in [0.3, 0.4) is 0 Å². The van der Waals surface area contributed by atoms with Crippen molar-refractivity contribution >= 4 is 23.2 Å². The fraction of sp³-hybridized carbons (Fsp3) is 0.211. The summed E-state index contributed by atoms with van der Waals surface area (Å²) >= 11 is 0. The van der Waals surface area contributed by atoms with Gasteiger partial charge in [0.15, 0.2) is 5.69 Å². The Morgan fingerprint density at radius 1 is 1.28 bits per heavy atom. The van der Waals surface area contributed by atoms with E-state index in [2.05, 4.69) is 15.7 Å². The van der Waals surface area contributed by atoms with Crippen LogP contribution in [-0.4, -0.2) is 26.5 Å². The molecule has 29 heavy (non-hydrogen) atoms. The van der Waals surface area contributed by atoms with E-state index < -0.39 is 16.7 Å². The Morgan fingerprint density at radius 3 is 2.72 bits per heavy atom. The number of carbonyl (C=O) groups is 2. The number of anilines is 1. The number of rotatable bonds is 7. The number of benzene rings is 1. The number of furan rings is 1. The molecule has 0 saturated carbocycles. The van der Waals surface area contributed by atoms with Crippen LogP contribution in [0.4, 0.5) is 11.4 Å². The normalized spacial score (nSPS) is 10.6. The molecule has 0 aliphatic rings. The van der Waals surface area contributed by atoms with Crippen molar-refractivity contribution < 1.29 is 18.9 Å². The first-order valence-electron chi connectivity index (χ1n) is 8.83. The van der Waals surface area contributed by atoms with Crippen molar-refractivity contribution in [2.75, 3.05) is 5.32 Å². The summed E-state index contributed by atoms with van der Waals surface area (Å²) < 4.78 is 6.68. The number of nitrogens with zero attached hydrogens (tertiary/aromatic N) is 3. The summed E-state index contributed by atoms with van der Waals surface area (Å²) in [5, 5.41) is 20.6. The van der Waals surface area contributed by atoms with Gasteiger partial charge in [-0.2, -0.15) is 5.10 Å². The molecule has 2 heterocycles. The van der Waals surface area contributed by atoms with Crippen molar-refractivity contribution in [2.45, 2.75) is 26.9 Å². The third-order valence-electron chi connectivity index (χ3n) is 4.22. The van der Waals surface area contributed by atoms with E-state index in [4.69, 9.17) is 4.42 Å². The summed E-state index contributed by atoms with van der Waals surface area (Å²) in [6.07, 6.45) is 3.03. The molecule has 1 aromatic carbocycles. The van der Waals surface area contributed by atoms with E-state index in [0.29, 0.717) is 17.9 Å². The fourth-order valence-corrected chi connectivity index (χ4v) is 2.65. The highest BCUT2D eigenvalue weighted by Gasteiger charge is 2.21. The molecule has 0 radical (unpaired) electrons. The molecule has 2 aromatic heterocycles. The number of aryl methyl sites for hydroxylation is 2. The third-order valence-corrected chi connectivity index (χ3v) is 4.22. The van der Waals surface area contributed by atoms with Crippen molar-refractivity contribution in [1.82, 2.24) is 15.1 Å². The van der Waals surface area contributed by atoms with Crippen LogP contribution in [0.2, 0.25) is 0 Å². The van der Waals surface area contributed by atoms with Crippen LogP contribution >= 0.6 is 0 Å². The topological polar surface area (TPSA) is 132 Å². The molecule has 2 amide bonds. The summed E-state index contributed by atoms with van der Waals surface area (Å²) in [6.45, 7) is 4.09. The second-order valence-corrected chi connectivity index (χ2v) is 6.22. The molecule has 2 N–H and O–H groups in total. The number of nitro groups is 1. The maximum Gasteiger partial charge on any atom is 0.274 e. The van der Waals surface area contributed by atoms with Crippen molar-refractivity contribution in [3.63, 3.8) is 0 Å². The number of nitrogens with one attached hydrogen (secondary N) is 2. The van der Waals surface area contributed by atoms with Gasteiger partial charge in [0.1, 0.15) is 5.76 Å². The Kier molecular flexibility index (Phi) is 5.72. The molecule has 150 valence electrons. The minimum Gasteiger partial charge on any atom is -0.467 e. The molecule has 0 fully saturated rings. The lowest BCUT2D eigenvalue weighted by molar-refractivity contribution is -0.385. The first-order valence-corrected chi connectivity index (χ1v) is 8.83. The average molecular weight is 397 g/mol. The van der Waals surface area contributed by atoms with Crippen LogP contribution < -0.4 is 10.6 Å². The molecule has 3 aromatic rings. The van der Waals surface area contributed by atoms with Gasteiger partial charge in [-0.15, -0.1) is 0 Å². The van der Waals surface area contributed by atoms with Gasteiger partial charge >= 0.3 is 0 Å². The van der Waals surface area contributed by atoms with Gasteiger partial charge in [0.25, 0.3) is 17.5 Å². The predicted molar refractivity (Wildman–Crippen MR) is 104 cm³/mol. The lowest BCUT2D eigenvalue weighted by Gasteiger charge is -2.06. The van der Waals surface area contributed by atoms with E-state index in [-0.39, 0.29) is 29.2 Å². The van der Waals surface area contributed by atoms with E-state index in [1.165, 1.54) is 35.3 Å². The predicted octanol–water partition coefficient (Wildman–Crippen LogP) is 2.89. The zero-order valence-electron chi connectivity index (χ0n) is 15.8. The molecule has 0 unspecified atom stereocenters. The second-order valence-electron chi connectivity index (χ2n) is 6.22. The van der Waals surface area contributed by atoms with Crippen molar-refractivity contribution in [2.24, 2.45) is 0 Å². The van der Waals surface area contributed by atoms with E-state index in [1.807, 2.05) is 6.92 Å². The highest BCUT2D eigenvalue weighted by Crippen LogP contribution is 2.21. The minimum atomic E-state index is -0.580. The van der Waals surface area contributed by atoms with Crippen LogP contribution in [0, 0.1) is 17.0 Å². The Morgan fingerprint density at radius 2 is 2.07 bits per heavy atom. The summed E-state index contributed by atoms with van der Waals surface area (Å²) in [5.74, 6) is -0.492. The zero-order chi connectivity index (χ0) is 21.0. The number of amides is 2. The molecule has 10 nitrogen and oxygen atoms in total. The monoisotopic (exact) mass is 397 g/mol. The quantitative estimate of drug-likeness (QED) is 0.465. The van der Waals surface area contributed by atoms with E-state index >= 15 is 0 Å². The van der Waals surface area contributed by atoms with E-state index in [9.17, 15) is 19.7 Å². The number of hydrogen-bond donors (Lipinski definition) is 2. The van der Waals surface area contributed by atoms with Crippen LogP contribution in [0.25, 0.3) is 0 Å². The SMILES string of the molecule is CCn1cc(NC(=O)c2ccc(C)c([N+](=O)[O-])c2)c(C(=O)NCc2ccco2)n1. The van der Waals surface area contributed by atoms with Gasteiger partial charge in [0, 0.05) is 29.9 Å². The molecule has 0 bridgehead atoms. The molecule has 0 aliphatic heterocycles. The molecule has 0 aliphatic carbocycles. The molecule has 0 atom stereocenters. The Labute approximate surface area is 165 Å². The smallest absolute Gasteiger partial charge is 0.274 e. The maximum atomic E-state index is 12.6. The summed E-state index contributed by atoms with van der Waals surface area (Å²) in [6, 6.07) is 7.61.